The first-order chi connectivity index (χ1) is 18.8. The zero-order valence-electron chi connectivity index (χ0n) is 19.9. The van der Waals surface area contributed by atoms with Crippen molar-refractivity contribution in [2.45, 2.75) is 6.18 Å². The minimum atomic E-state index is -4.81. The number of ether oxygens (including phenoxy) is 2. The Morgan fingerprint density at radius 1 is 1.07 bits per heavy atom. The molecule has 0 radical (unpaired) electrons. The van der Waals surface area contributed by atoms with Gasteiger partial charge >= 0.3 is 17.9 Å². The van der Waals surface area contributed by atoms with Crippen molar-refractivity contribution >= 4 is 62.8 Å². The van der Waals surface area contributed by atoms with Crippen molar-refractivity contribution in [1.82, 2.24) is 5.32 Å². The molecule has 0 unspecified atom stereocenters. The van der Waals surface area contributed by atoms with E-state index in [1.807, 2.05) is 0 Å². The number of methoxy groups -OCH3 is 1. The van der Waals surface area contributed by atoms with Crippen molar-refractivity contribution in [3.05, 3.63) is 90.9 Å². The predicted octanol–water partition coefficient (Wildman–Crippen LogP) is 6.50. The van der Waals surface area contributed by atoms with Gasteiger partial charge in [0.05, 0.1) is 32.8 Å². The number of para-hydroxylation sites is 1. The van der Waals surface area contributed by atoms with Gasteiger partial charge in [-0.25, -0.2) is 9.69 Å². The third kappa shape index (κ3) is 5.62. The van der Waals surface area contributed by atoms with Gasteiger partial charge in [-0.15, -0.1) is 0 Å². The Balaban J connectivity index is 1.73. The number of urea groups is 1. The number of hydrogen-bond donors (Lipinski definition) is 1. The van der Waals surface area contributed by atoms with Crippen molar-refractivity contribution in [2.24, 2.45) is 0 Å². The molecule has 0 aliphatic carbocycles. The molecule has 206 valence electrons. The number of barbiturate groups is 1. The van der Waals surface area contributed by atoms with Gasteiger partial charge in [-0.05, 0) is 64.0 Å². The summed E-state index contributed by atoms with van der Waals surface area (Å²) in [7, 11) is 1.23. The monoisotopic (exact) mass is 639 g/mol. The van der Waals surface area contributed by atoms with Crippen LogP contribution in [-0.4, -0.2) is 29.9 Å². The number of benzene rings is 3. The molecule has 0 spiro atoms. The van der Waals surface area contributed by atoms with Gasteiger partial charge in [-0.1, -0.05) is 23.7 Å². The molecule has 1 N–H and O–H groups in total. The second kappa shape index (κ2) is 11.0. The Labute approximate surface area is 236 Å². The van der Waals surface area contributed by atoms with Gasteiger partial charge in [0.15, 0.2) is 11.5 Å². The van der Waals surface area contributed by atoms with Gasteiger partial charge in [0.25, 0.3) is 11.8 Å². The van der Waals surface area contributed by atoms with Crippen LogP contribution in [0.15, 0.2) is 64.6 Å². The van der Waals surface area contributed by atoms with Crippen LogP contribution in [0.4, 0.5) is 29.3 Å². The molecule has 40 heavy (non-hydrogen) atoms. The minimum Gasteiger partial charge on any atom is -0.493 e. The van der Waals surface area contributed by atoms with E-state index < -0.39 is 51.5 Å². The number of carbonyl (C=O) groups excluding carboxylic acids is 3. The lowest BCUT2D eigenvalue weighted by Gasteiger charge is -2.27. The van der Waals surface area contributed by atoms with Crippen LogP contribution < -0.4 is 19.7 Å². The fourth-order valence-corrected chi connectivity index (χ4v) is 4.39. The molecule has 4 amide bonds. The van der Waals surface area contributed by atoms with Gasteiger partial charge in [0.2, 0.25) is 5.75 Å². The number of hydrogen-bond acceptors (Lipinski definition) is 7. The molecule has 3 aromatic carbocycles. The third-order valence-corrected chi connectivity index (χ3v) is 6.36. The maximum atomic E-state index is 13.2. The van der Waals surface area contributed by atoms with Crippen LogP contribution in [0.25, 0.3) is 6.08 Å². The molecule has 10 nitrogen and oxygen atoms in total. The molecule has 0 atom stereocenters. The van der Waals surface area contributed by atoms with E-state index in [1.165, 1.54) is 31.4 Å². The maximum Gasteiger partial charge on any atom is 0.416 e. The molecular formula is C25H14BrClF3N3O7. The lowest BCUT2D eigenvalue weighted by atomic mass is 10.1. The summed E-state index contributed by atoms with van der Waals surface area (Å²) >= 11 is 9.34. The van der Waals surface area contributed by atoms with E-state index in [-0.39, 0.29) is 32.2 Å². The van der Waals surface area contributed by atoms with Crippen molar-refractivity contribution in [3.8, 4) is 17.2 Å². The number of imide groups is 2. The van der Waals surface area contributed by atoms with Crippen molar-refractivity contribution < 1.29 is 42.0 Å². The Morgan fingerprint density at radius 3 is 2.40 bits per heavy atom. The molecule has 1 fully saturated rings. The molecule has 1 saturated heterocycles. The summed E-state index contributed by atoms with van der Waals surface area (Å²) in [6, 6.07) is 9.44. The van der Waals surface area contributed by atoms with Crippen LogP contribution in [0.2, 0.25) is 5.02 Å². The van der Waals surface area contributed by atoms with E-state index in [4.69, 9.17) is 21.1 Å². The Kier molecular flexibility index (Phi) is 7.84. The predicted molar refractivity (Wildman–Crippen MR) is 139 cm³/mol. The summed E-state index contributed by atoms with van der Waals surface area (Å²) in [5.74, 6) is -2.64. The number of anilines is 1. The Hall–Kier alpha value is -4.43. The second-order valence-corrected chi connectivity index (χ2v) is 9.24. The van der Waals surface area contributed by atoms with E-state index in [2.05, 4.69) is 21.2 Å². The molecule has 0 aromatic heterocycles. The van der Waals surface area contributed by atoms with Gasteiger partial charge in [-0.2, -0.15) is 13.2 Å². The number of nitrogens with one attached hydrogen (secondary N) is 1. The molecular weight excluding hydrogens is 627 g/mol. The first kappa shape index (κ1) is 28.6. The molecule has 4 rings (SSSR count). The number of nitro benzene ring substituents is 1. The Bertz CT molecular complexity index is 1610. The number of nitrogens with zero attached hydrogens (tertiary/aromatic N) is 2. The first-order valence-corrected chi connectivity index (χ1v) is 12.1. The fourth-order valence-electron chi connectivity index (χ4n) is 3.63. The van der Waals surface area contributed by atoms with E-state index in [0.717, 1.165) is 12.1 Å². The lowest BCUT2D eigenvalue weighted by Crippen LogP contribution is -2.54. The van der Waals surface area contributed by atoms with Crippen molar-refractivity contribution in [2.75, 3.05) is 12.0 Å². The highest BCUT2D eigenvalue weighted by Crippen LogP contribution is 2.44. The number of nitro groups is 1. The summed E-state index contributed by atoms with van der Waals surface area (Å²) in [6.45, 7) is 0. The van der Waals surface area contributed by atoms with Gasteiger partial charge in [0.1, 0.15) is 5.57 Å². The summed E-state index contributed by atoms with van der Waals surface area (Å²) < 4.78 is 50.1. The van der Waals surface area contributed by atoms with Crippen LogP contribution in [0.5, 0.6) is 17.2 Å². The highest BCUT2D eigenvalue weighted by Gasteiger charge is 2.38. The van der Waals surface area contributed by atoms with Crippen molar-refractivity contribution in [1.29, 1.82) is 0 Å². The summed E-state index contributed by atoms with van der Waals surface area (Å²) in [4.78, 5) is 49.2. The highest BCUT2D eigenvalue weighted by atomic mass is 79.9. The zero-order valence-corrected chi connectivity index (χ0v) is 22.3. The lowest BCUT2D eigenvalue weighted by molar-refractivity contribution is -0.385. The first-order valence-electron chi connectivity index (χ1n) is 10.9. The van der Waals surface area contributed by atoms with Crippen LogP contribution in [-0.2, 0) is 15.8 Å². The van der Waals surface area contributed by atoms with Crippen LogP contribution in [0, 0.1) is 10.1 Å². The molecule has 1 aliphatic heterocycles. The normalized spacial score (nSPS) is 14.8. The van der Waals surface area contributed by atoms with Crippen LogP contribution >= 0.6 is 27.5 Å². The maximum absolute atomic E-state index is 13.2. The third-order valence-electron chi connectivity index (χ3n) is 5.45. The number of carbonyl (C=O) groups is 3. The second-order valence-electron chi connectivity index (χ2n) is 7.98. The zero-order chi connectivity index (χ0) is 29.4. The average Bonchev–Trinajstić information content (AvgIpc) is 2.88. The standard InChI is InChI=1S/C25H14BrClF3N3O7/c1-39-20-10-12(8-14-22(34)31-24(36)32(23(14)35)17-5-3-2-4-16(17)27)9-15(26)21(20)40-19-7-6-13(25(28,29)30)11-18(19)33(37)38/h2-11H,1H3,(H,31,34,36)/b14-8+. The topological polar surface area (TPSA) is 128 Å². The largest absolute Gasteiger partial charge is 0.493 e. The fraction of sp³-hybridized carbons (Fsp3) is 0.0800. The highest BCUT2D eigenvalue weighted by molar-refractivity contribution is 9.10. The van der Waals surface area contributed by atoms with E-state index >= 15 is 0 Å². The quantitative estimate of drug-likeness (QED) is 0.141. The van der Waals surface area contributed by atoms with Gasteiger partial charge < -0.3 is 9.47 Å². The SMILES string of the molecule is COc1cc(/C=C2\C(=O)NC(=O)N(c3ccccc3Cl)C2=O)cc(Br)c1Oc1ccc(C(F)(F)F)cc1[N+](=O)[O-]. The number of amides is 4. The van der Waals surface area contributed by atoms with E-state index in [0.29, 0.717) is 17.0 Å². The molecule has 1 heterocycles. The van der Waals surface area contributed by atoms with Gasteiger partial charge in [-0.3, -0.25) is 25.0 Å². The Morgan fingerprint density at radius 2 is 1.77 bits per heavy atom. The molecule has 3 aromatic rings. The molecule has 0 bridgehead atoms. The number of alkyl halides is 3. The molecule has 15 heteroatoms. The summed E-state index contributed by atoms with van der Waals surface area (Å²) in [5, 5.41) is 13.6. The molecule has 1 aliphatic rings. The molecule has 0 saturated carbocycles. The number of rotatable bonds is 6. The van der Waals surface area contributed by atoms with Crippen molar-refractivity contribution in [3.63, 3.8) is 0 Å². The van der Waals surface area contributed by atoms with E-state index in [9.17, 15) is 37.7 Å². The number of halogens is 5. The smallest absolute Gasteiger partial charge is 0.416 e. The van der Waals surface area contributed by atoms with E-state index in [1.54, 1.807) is 12.1 Å². The minimum absolute atomic E-state index is 0.0470. The van der Waals surface area contributed by atoms with Crippen LogP contribution in [0.3, 0.4) is 0 Å². The van der Waals surface area contributed by atoms with Gasteiger partial charge in [0, 0.05) is 6.07 Å². The average molecular weight is 641 g/mol. The summed E-state index contributed by atoms with van der Waals surface area (Å²) in [6.07, 6.45) is -3.66. The summed E-state index contributed by atoms with van der Waals surface area (Å²) in [5.41, 5.74) is -2.36. The van der Waals surface area contributed by atoms with Crippen LogP contribution in [0.1, 0.15) is 11.1 Å².